The lowest BCUT2D eigenvalue weighted by molar-refractivity contribution is -0.322. The molecule has 23 nitrogen and oxygen atoms in total. The van der Waals surface area contributed by atoms with Crippen molar-refractivity contribution in [1.29, 1.82) is 5.26 Å². The summed E-state index contributed by atoms with van der Waals surface area (Å²) in [6, 6.07) is -5.81. The van der Waals surface area contributed by atoms with E-state index in [4.69, 9.17) is 19.6 Å². The van der Waals surface area contributed by atoms with Crippen molar-refractivity contribution in [2.24, 2.45) is 59.2 Å². The van der Waals surface area contributed by atoms with Gasteiger partial charge < -0.3 is 39.7 Å². The first-order chi connectivity index (χ1) is 44.5. The summed E-state index contributed by atoms with van der Waals surface area (Å²) in [6.07, 6.45) is 2.46. The van der Waals surface area contributed by atoms with Gasteiger partial charge in [-0.15, -0.1) is 0 Å². The minimum Gasteiger partial charge on any atom is -0.379 e. The highest BCUT2D eigenvalue weighted by atomic mass is 16.7. The molecule has 14 atom stereocenters. The number of hydrogen-bond acceptors (Lipinski definition) is 16. The number of carbonyl (C=O) groups excluding carboxylic acids is 11. The number of rotatable bonds is 22. The lowest BCUT2D eigenvalue weighted by Crippen LogP contribution is -2.71. The van der Waals surface area contributed by atoms with Crippen molar-refractivity contribution < 1.29 is 67.1 Å². The van der Waals surface area contributed by atoms with E-state index in [1.807, 2.05) is 62.3 Å². The fourth-order valence-electron chi connectivity index (χ4n) is 13.6. The van der Waals surface area contributed by atoms with Crippen molar-refractivity contribution in [3.8, 4) is 6.07 Å². The molecule has 0 radical (unpaired) electrons. The molecule has 0 spiro atoms. The van der Waals surface area contributed by atoms with Crippen LogP contribution in [0.1, 0.15) is 207 Å². The fourth-order valence-corrected chi connectivity index (χ4v) is 13.6. The lowest BCUT2D eigenvalue weighted by atomic mass is 9.85. The number of ether oxygens (including phenoxy) is 2. The van der Waals surface area contributed by atoms with E-state index >= 15 is 14.4 Å². The summed E-state index contributed by atoms with van der Waals surface area (Å²) >= 11 is 0. The van der Waals surface area contributed by atoms with E-state index in [9.17, 15) is 38.4 Å². The first-order valence-electron chi connectivity index (χ1n) is 35.6. The molecule has 23 heteroatoms. The smallest absolute Gasteiger partial charge is 0.270 e. The van der Waals surface area contributed by atoms with Crippen molar-refractivity contribution in [3.63, 3.8) is 0 Å². The molecule has 3 aliphatic rings. The number of likely N-dealkylation sites (N-methyl/N-ethyl adjacent to an activating group) is 4. The zero-order chi connectivity index (χ0) is 71.9. The maximum Gasteiger partial charge on any atom is 0.270 e. The molecule has 0 aromatic rings. The summed E-state index contributed by atoms with van der Waals surface area (Å²) in [5.74, 6) is -11.2. The lowest BCUT2D eigenvalue weighted by Gasteiger charge is -2.50. The number of amides is 7. The Morgan fingerprint density at radius 2 is 1.12 bits per heavy atom. The number of nitrogens with zero attached hydrogens (tertiary/aromatic N) is 7. The fraction of sp³-hybridized carbons (Fsp3) is 0.833. The van der Waals surface area contributed by atoms with Gasteiger partial charge in [-0.3, -0.25) is 62.5 Å². The van der Waals surface area contributed by atoms with E-state index < -0.39 is 154 Å². The molecule has 0 saturated carbocycles. The van der Waals surface area contributed by atoms with E-state index in [0.717, 1.165) is 37.5 Å². The van der Waals surface area contributed by atoms with Crippen LogP contribution in [-0.4, -0.2) is 216 Å². The second kappa shape index (κ2) is 40.3. The van der Waals surface area contributed by atoms with Crippen molar-refractivity contribution in [3.05, 3.63) is 0 Å². The molecular weight excluding hydrogens is 1210 g/mol. The van der Waals surface area contributed by atoms with E-state index in [2.05, 4.69) is 21.6 Å². The number of morpholine rings is 1. The Labute approximate surface area is 569 Å². The summed E-state index contributed by atoms with van der Waals surface area (Å²) < 4.78 is 11.9. The van der Waals surface area contributed by atoms with Crippen LogP contribution in [-0.2, 0) is 67.1 Å². The minimum absolute atomic E-state index is 0.0843. The summed E-state index contributed by atoms with van der Waals surface area (Å²) in [4.78, 5) is 176. The van der Waals surface area contributed by atoms with Gasteiger partial charge in [0.15, 0.2) is 29.2 Å². The van der Waals surface area contributed by atoms with Gasteiger partial charge in [0.05, 0.1) is 43.5 Å². The highest BCUT2D eigenvalue weighted by Crippen LogP contribution is 2.35. The molecule has 95 heavy (non-hydrogen) atoms. The van der Waals surface area contributed by atoms with Crippen LogP contribution in [0, 0.1) is 70.5 Å². The van der Waals surface area contributed by atoms with E-state index in [1.54, 1.807) is 41.5 Å². The number of hydroxylamine groups is 2. The van der Waals surface area contributed by atoms with Crippen LogP contribution in [0.3, 0.4) is 0 Å². The quantitative estimate of drug-likeness (QED) is 0.0985. The Morgan fingerprint density at radius 3 is 1.66 bits per heavy atom. The van der Waals surface area contributed by atoms with E-state index in [1.165, 1.54) is 54.7 Å². The van der Waals surface area contributed by atoms with Gasteiger partial charge in [-0.05, 0) is 107 Å². The molecule has 3 saturated heterocycles. The predicted octanol–water partition coefficient (Wildman–Crippen LogP) is 7.64. The summed E-state index contributed by atoms with van der Waals surface area (Å²) in [7, 11) is 5.98. The largest absolute Gasteiger partial charge is 0.379 e. The Bertz CT molecular complexity index is 2600. The third-order valence-corrected chi connectivity index (χ3v) is 19.4. The Hall–Kier alpha value is -5.70. The first kappa shape index (κ1) is 83.5. The monoisotopic (exact) mass is 1340 g/mol. The van der Waals surface area contributed by atoms with Crippen LogP contribution in [0.15, 0.2) is 0 Å². The Balaban J connectivity index is 2.24. The Kier molecular flexibility index (Phi) is 35.4. The summed E-state index contributed by atoms with van der Waals surface area (Å²) in [6.45, 7) is 32.6. The normalized spacial score (nSPS) is 28.4. The molecule has 0 aliphatic carbocycles. The van der Waals surface area contributed by atoms with Crippen LogP contribution in [0.25, 0.3) is 0 Å². The highest BCUT2D eigenvalue weighted by molar-refractivity contribution is 6.00. The first-order valence-corrected chi connectivity index (χ1v) is 35.6. The third-order valence-electron chi connectivity index (χ3n) is 19.4. The van der Waals surface area contributed by atoms with Crippen LogP contribution in [0.4, 0.5) is 0 Å². The molecule has 3 heterocycles. The maximum absolute atomic E-state index is 15.2. The molecular formula is C72H123N9O14. The van der Waals surface area contributed by atoms with Gasteiger partial charge in [0, 0.05) is 104 Å². The highest BCUT2D eigenvalue weighted by Gasteiger charge is 2.54. The average Bonchev–Trinajstić information content (AvgIpc) is 0.757. The van der Waals surface area contributed by atoms with Crippen LogP contribution < -0.4 is 10.6 Å². The molecule has 0 bridgehead atoms. The number of nitrogens with one attached hydrogen (secondary N) is 2. The number of fused-ring (bicyclic) bond motifs is 1. The van der Waals surface area contributed by atoms with Gasteiger partial charge in [0.25, 0.3) is 5.91 Å². The van der Waals surface area contributed by atoms with E-state index in [0.29, 0.717) is 45.3 Å². The average molecular weight is 1340 g/mol. The van der Waals surface area contributed by atoms with Gasteiger partial charge in [-0.25, -0.2) is 5.06 Å². The minimum atomic E-state index is -1.25. The molecule has 0 aromatic heterocycles. The van der Waals surface area contributed by atoms with Crippen LogP contribution in [0.5, 0.6) is 0 Å². The second-order valence-electron chi connectivity index (χ2n) is 29.7. The van der Waals surface area contributed by atoms with Crippen molar-refractivity contribution >= 4 is 64.5 Å². The van der Waals surface area contributed by atoms with Gasteiger partial charge in [0.2, 0.25) is 35.4 Å². The maximum atomic E-state index is 15.2. The zero-order valence-electron chi connectivity index (χ0n) is 61.7. The molecule has 7 amide bonds. The third kappa shape index (κ3) is 24.7. The summed E-state index contributed by atoms with van der Waals surface area (Å²) in [5, 5.41) is 15.8. The van der Waals surface area contributed by atoms with Gasteiger partial charge in [0.1, 0.15) is 24.2 Å². The molecule has 0 unspecified atom stereocenters. The zero-order valence-corrected chi connectivity index (χ0v) is 61.7. The SMILES string of the molecule is CC[C@@H]1NC(=O)[C@@H]2[C@@H]([C@H](C)CCCCCC#N)ON2C(=O)[C@H](C(C)C)N(C)C(=O)[C@H](CC(C)C)CC(=O)[C@H](CC(C)C)N(C)C(=O)[C@@H](C)NC(=O)[C@H](C)CC(=O)[C@H](CC(C)C)N(C)C(=O)[C@H](C(C)C)CC(=O)[C@H]([C@@H](C)OCCCCN2CCOCC2)N(C)C(=O)[C@@H](C)CC1=O. The van der Waals surface area contributed by atoms with E-state index in [-0.39, 0.29) is 81.6 Å². The molecule has 2 N–H and O–H groups in total. The number of Topliss-reactive ketones (excluding diaryl/α,β-unsaturated/α-hetero) is 4. The van der Waals surface area contributed by atoms with Crippen LogP contribution in [0.2, 0.25) is 0 Å². The number of ketones is 4. The molecule has 3 aliphatic heterocycles. The van der Waals surface area contributed by atoms with Gasteiger partial charge >= 0.3 is 0 Å². The molecule has 3 rings (SSSR count). The van der Waals surface area contributed by atoms with Crippen molar-refractivity contribution in [1.82, 2.24) is 40.2 Å². The molecule has 0 aromatic carbocycles. The number of carbonyl (C=O) groups is 11. The number of hydrogen-bond donors (Lipinski definition) is 2. The van der Waals surface area contributed by atoms with Crippen molar-refractivity contribution in [2.75, 3.05) is 67.6 Å². The summed E-state index contributed by atoms with van der Waals surface area (Å²) in [5.41, 5.74) is 0. The molecule has 540 valence electrons. The second-order valence-corrected chi connectivity index (χ2v) is 29.7. The number of nitriles is 1. The van der Waals surface area contributed by atoms with Crippen molar-refractivity contribution in [2.45, 2.75) is 262 Å². The van der Waals surface area contributed by atoms with Gasteiger partial charge in [-0.2, -0.15) is 5.26 Å². The predicted molar refractivity (Wildman–Crippen MR) is 363 cm³/mol. The topological polar surface area (TPSA) is 283 Å². The molecule has 3 fully saturated rings. The number of unbranched alkanes of at least 4 members (excludes halogenated alkanes) is 4. The standard InChI is InChI=1S/C72H123N9O14/c1-21-55-58(82)40-50(14)68(88)79(20)63(52(16)94-33-27-26-30-80-31-34-93-35-32-80)61(85)42-54(46(8)9)71(91)77(18)56(37-44(4)5)59(83)39-49(13)66(86)74-51(15)69(89)76(17)57(38-45(6)7)60(84)41-53(36-43(2)3)70(90)78(19)62(47(10)11)72(92)81-64(67(87)75-55)65(95-81)48(12)28-24-22-23-25-29-73/h43-57,62-65H,21-28,30-42H2,1-20H3,(H,74,86)(H,75,87)/t48-,49-,50+,51-,52-,53-,54+,55+,56+,57+,62+,63+,64+,65-/m1/s1. The Morgan fingerprint density at radius 1 is 0.558 bits per heavy atom. The van der Waals surface area contributed by atoms with Crippen LogP contribution >= 0.6 is 0 Å². The van der Waals surface area contributed by atoms with Gasteiger partial charge in [-0.1, -0.05) is 110 Å².